The molecule has 4 heteroatoms. The van der Waals surface area contributed by atoms with Gasteiger partial charge in [0.2, 0.25) is 0 Å². The maximum Gasteiger partial charge on any atom is 0.306 e. The number of carbonyl (C=O) groups is 1. The third-order valence-corrected chi connectivity index (χ3v) is 3.46. The van der Waals surface area contributed by atoms with Gasteiger partial charge in [-0.1, -0.05) is 42.8 Å². The third kappa shape index (κ3) is 4.80. The number of ether oxygens (including phenoxy) is 1. The molecule has 0 bridgehead atoms. The van der Waals surface area contributed by atoms with Gasteiger partial charge >= 0.3 is 5.97 Å². The molecule has 0 saturated carbocycles. The highest BCUT2D eigenvalue weighted by molar-refractivity contribution is 6.30. The number of hydrogen-bond acceptors (Lipinski definition) is 2. The number of hydrogen-bond donors (Lipinski definition) is 1. The summed E-state index contributed by atoms with van der Waals surface area (Å²) >= 11 is 5.83. The Bertz CT molecular complexity index is 590. The van der Waals surface area contributed by atoms with Crippen LogP contribution < -0.4 is 4.74 Å². The van der Waals surface area contributed by atoms with Crippen LogP contribution in [0.1, 0.15) is 18.1 Å². The Labute approximate surface area is 129 Å². The minimum Gasteiger partial charge on any atom is -0.489 e. The van der Waals surface area contributed by atoms with E-state index in [-0.39, 0.29) is 5.92 Å². The smallest absolute Gasteiger partial charge is 0.306 e. The molecule has 0 heterocycles. The molecule has 0 fully saturated rings. The summed E-state index contributed by atoms with van der Waals surface area (Å²) in [6.45, 7) is 2.18. The Kier molecular flexibility index (Phi) is 5.23. The van der Waals surface area contributed by atoms with E-state index in [9.17, 15) is 4.79 Å². The van der Waals surface area contributed by atoms with E-state index in [0.717, 1.165) is 16.9 Å². The average molecular weight is 305 g/mol. The van der Waals surface area contributed by atoms with Gasteiger partial charge in [-0.05, 0) is 41.8 Å². The van der Waals surface area contributed by atoms with Gasteiger partial charge in [-0.3, -0.25) is 4.79 Å². The van der Waals surface area contributed by atoms with Gasteiger partial charge < -0.3 is 9.84 Å². The molecule has 2 aromatic rings. The maximum absolute atomic E-state index is 10.8. The molecular weight excluding hydrogens is 288 g/mol. The molecule has 0 aromatic heterocycles. The fourth-order valence-corrected chi connectivity index (χ4v) is 2.04. The average Bonchev–Trinajstić information content (AvgIpc) is 2.48. The van der Waals surface area contributed by atoms with Gasteiger partial charge in [0.25, 0.3) is 0 Å². The van der Waals surface area contributed by atoms with Crippen LogP contribution in [0.25, 0.3) is 0 Å². The summed E-state index contributed by atoms with van der Waals surface area (Å²) in [4.78, 5) is 10.8. The van der Waals surface area contributed by atoms with Crippen molar-refractivity contribution in [1.82, 2.24) is 0 Å². The molecule has 1 N–H and O–H groups in total. The zero-order valence-electron chi connectivity index (χ0n) is 11.8. The van der Waals surface area contributed by atoms with Crippen LogP contribution >= 0.6 is 11.6 Å². The van der Waals surface area contributed by atoms with Crippen molar-refractivity contribution in [3.8, 4) is 5.75 Å². The molecular formula is C17H17ClO3. The molecule has 110 valence electrons. The monoisotopic (exact) mass is 304 g/mol. The largest absolute Gasteiger partial charge is 0.489 e. The lowest BCUT2D eigenvalue weighted by Crippen LogP contribution is -2.12. The fourth-order valence-electron chi connectivity index (χ4n) is 1.91. The van der Waals surface area contributed by atoms with Gasteiger partial charge in [-0.15, -0.1) is 0 Å². The van der Waals surface area contributed by atoms with E-state index < -0.39 is 5.97 Å². The first-order chi connectivity index (χ1) is 10.0. The van der Waals surface area contributed by atoms with Crippen LogP contribution in [-0.4, -0.2) is 11.1 Å². The molecule has 2 rings (SSSR count). The van der Waals surface area contributed by atoms with Gasteiger partial charge in [0.15, 0.2) is 0 Å². The fraction of sp³-hybridized carbons (Fsp3) is 0.235. The molecule has 2 aromatic carbocycles. The quantitative estimate of drug-likeness (QED) is 0.870. The summed E-state index contributed by atoms with van der Waals surface area (Å²) in [5.41, 5.74) is 2.03. The predicted octanol–water partition coefficient (Wildman–Crippen LogP) is 4.18. The molecule has 1 atom stereocenters. The van der Waals surface area contributed by atoms with Crippen molar-refractivity contribution >= 4 is 17.6 Å². The molecule has 0 spiro atoms. The van der Waals surface area contributed by atoms with Crippen LogP contribution in [0.15, 0.2) is 48.5 Å². The second kappa shape index (κ2) is 7.14. The zero-order chi connectivity index (χ0) is 15.2. The second-order valence-corrected chi connectivity index (χ2v) is 5.44. The highest BCUT2D eigenvalue weighted by Crippen LogP contribution is 2.17. The minimum atomic E-state index is -0.780. The summed E-state index contributed by atoms with van der Waals surface area (Å²) < 4.78 is 5.68. The van der Waals surface area contributed by atoms with Crippen LogP contribution in [0.4, 0.5) is 0 Å². The Morgan fingerprint density at radius 2 is 1.67 bits per heavy atom. The second-order valence-electron chi connectivity index (χ2n) is 5.00. The molecule has 0 saturated heterocycles. The highest BCUT2D eigenvalue weighted by Gasteiger charge is 2.11. The summed E-state index contributed by atoms with van der Waals surface area (Å²) in [6.07, 6.45) is 0.521. The van der Waals surface area contributed by atoms with Crippen molar-refractivity contribution in [2.75, 3.05) is 0 Å². The standard InChI is InChI=1S/C17H17ClO3/c1-12(17(19)20)10-13-4-8-16(9-5-13)21-11-14-2-6-15(18)7-3-14/h2-9,12H,10-11H2,1H3,(H,19,20). The maximum atomic E-state index is 10.8. The first-order valence-electron chi connectivity index (χ1n) is 6.73. The molecule has 1 unspecified atom stereocenters. The Morgan fingerprint density at radius 1 is 1.10 bits per heavy atom. The SMILES string of the molecule is CC(Cc1ccc(OCc2ccc(Cl)cc2)cc1)C(=O)O. The molecule has 0 radical (unpaired) electrons. The first kappa shape index (κ1) is 15.4. The zero-order valence-corrected chi connectivity index (χ0v) is 12.5. The Balaban J connectivity index is 1.90. The van der Waals surface area contributed by atoms with Crippen molar-refractivity contribution in [2.45, 2.75) is 20.0 Å². The first-order valence-corrected chi connectivity index (χ1v) is 7.11. The molecule has 0 amide bonds. The summed E-state index contributed by atoms with van der Waals surface area (Å²) in [5, 5.41) is 9.60. The van der Waals surface area contributed by atoms with Crippen molar-refractivity contribution in [1.29, 1.82) is 0 Å². The summed E-state index contributed by atoms with van der Waals surface area (Å²) in [5.74, 6) is -0.402. The van der Waals surface area contributed by atoms with Gasteiger partial charge in [0.05, 0.1) is 5.92 Å². The molecule has 21 heavy (non-hydrogen) atoms. The van der Waals surface area contributed by atoms with Crippen LogP contribution in [0.3, 0.4) is 0 Å². The van der Waals surface area contributed by atoms with Gasteiger partial charge in [0, 0.05) is 5.02 Å². The van der Waals surface area contributed by atoms with Crippen molar-refractivity contribution in [3.05, 3.63) is 64.7 Å². The van der Waals surface area contributed by atoms with E-state index in [1.165, 1.54) is 0 Å². The minimum absolute atomic E-state index is 0.383. The number of halogens is 1. The van der Waals surface area contributed by atoms with Gasteiger partial charge in [0.1, 0.15) is 12.4 Å². The number of carboxylic acid groups (broad SMARTS) is 1. The Hall–Kier alpha value is -2.00. The van der Waals surface area contributed by atoms with Crippen LogP contribution in [-0.2, 0) is 17.8 Å². The van der Waals surface area contributed by atoms with E-state index in [4.69, 9.17) is 21.4 Å². The van der Waals surface area contributed by atoms with Crippen molar-refractivity contribution in [2.24, 2.45) is 5.92 Å². The van der Waals surface area contributed by atoms with E-state index in [1.807, 2.05) is 48.5 Å². The highest BCUT2D eigenvalue weighted by atomic mass is 35.5. The van der Waals surface area contributed by atoms with Gasteiger partial charge in [-0.2, -0.15) is 0 Å². The van der Waals surface area contributed by atoms with Crippen LogP contribution in [0, 0.1) is 5.92 Å². The lowest BCUT2D eigenvalue weighted by molar-refractivity contribution is -0.141. The van der Waals surface area contributed by atoms with E-state index in [1.54, 1.807) is 6.92 Å². The molecule has 0 aliphatic heterocycles. The number of rotatable bonds is 6. The van der Waals surface area contributed by atoms with E-state index in [0.29, 0.717) is 18.1 Å². The van der Waals surface area contributed by atoms with Gasteiger partial charge in [-0.25, -0.2) is 0 Å². The Morgan fingerprint density at radius 3 is 2.24 bits per heavy atom. The summed E-state index contributed by atoms with van der Waals surface area (Å²) in [6, 6.07) is 15.0. The molecule has 0 aliphatic rings. The number of aliphatic carboxylic acids is 1. The van der Waals surface area contributed by atoms with Crippen molar-refractivity contribution in [3.63, 3.8) is 0 Å². The normalized spacial score (nSPS) is 11.9. The predicted molar refractivity (Wildman–Crippen MR) is 82.7 cm³/mol. The van der Waals surface area contributed by atoms with Crippen LogP contribution in [0.2, 0.25) is 5.02 Å². The number of carboxylic acids is 1. The topological polar surface area (TPSA) is 46.5 Å². The van der Waals surface area contributed by atoms with E-state index >= 15 is 0 Å². The van der Waals surface area contributed by atoms with Crippen LogP contribution in [0.5, 0.6) is 5.75 Å². The van der Waals surface area contributed by atoms with E-state index in [2.05, 4.69) is 0 Å². The summed E-state index contributed by atoms with van der Waals surface area (Å²) in [7, 11) is 0. The number of benzene rings is 2. The van der Waals surface area contributed by atoms with Crippen molar-refractivity contribution < 1.29 is 14.6 Å². The lowest BCUT2D eigenvalue weighted by Gasteiger charge is -2.09. The molecule has 3 nitrogen and oxygen atoms in total. The molecule has 0 aliphatic carbocycles. The lowest BCUT2D eigenvalue weighted by atomic mass is 10.0. The third-order valence-electron chi connectivity index (χ3n) is 3.21.